The normalized spacial score (nSPS) is 17.2. The molecule has 0 saturated carbocycles. The van der Waals surface area contributed by atoms with Gasteiger partial charge in [0.15, 0.2) is 0 Å². The number of hydrogen-bond acceptors (Lipinski definition) is 8. The predicted molar refractivity (Wildman–Crippen MR) is 126 cm³/mol. The highest BCUT2D eigenvalue weighted by atomic mass is 35.5. The van der Waals surface area contributed by atoms with Gasteiger partial charge in [-0.2, -0.15) is 4.31 Å². The fourth-order valence-corrected chi connectivity index (χ4v) is 7.56. The molecule has 2 aromatic heterocycles. The standard InChI is InChI=1S/C20H21ClN4O4S3/c1-12(2)30-14-6-3-5-13(11-14)19-23-24-20(29-19)22-18(26)15-7-4-10-25(15)32(27,28)17-9-8-16(21)31-17/h3,5-6,8-9,11-12,15H,4,7,10H2,1-2H3,(H,22,24,26). The molecule has 0 radical (unpaired) electrons. The van der Waals surface area contributed by atoms with Gasteiger partial charge in [-0.1, -0.05) is 36.6 Å². The van der Waals surface area contributed by atoms with Gasteiger partial charge in [-0.15, -0.1) is 28.2 Å². The summed E-state index contributed by atoms with van der Waals surface area (Å²) in [5.74, 6) is -0.233. The lowest BCUT2D eigenvalue weighted by atomic mass is 10.2. The van der Waals surface area contributed by atoms with Crippen LogP contribution in [0.2, 0.25) is 4.34 Å². The number of thiophene rings is 1. The Balaban J connectivity index is 1.48. The van der Waals surface area contributed by atoms with Crippen molar-refractivity contribution in [1.82, 2.24) is 14.5 Å². The molecule has 0 bridgehead atoms. The number of aromatic nitrogens is 2. The van der Waals surface area contributed by atoms with Gasteiger partial charge in [-0.05, 0) is 43.2 Å². The Labute approximate surface area is 199 Å². The van der Waals surface area contributed by atoms with E-state index in [2.05, 4.69) is 29.4 Å². The molecule has 4 rings (SSSR count). The number of anilines is 1. The van der Waals surface area contributed by atoms with E-state index in [0.717, 1.165) is 21.8 Å². The Morgan fingerprint density at radius 2 is 2.12 bits per heavy atom. The molecule has 1 N–H and O–H groups in total. The van der Waals surface area contributed by atoms with Crippen molar-refractivity contribution in [3.05, 3.63) is 40.7 Å². The third kappa shape index (κ3) is 5.01. The molecule has 1 amide bonds. The summed E-state index contributed by atoms with van der Waals surface area (Å²) in [7, 11) is -3.82. The van der Waals surface area contributed by atoms with Crippen molar-refractivity contribution in [1.29, 1.82) is 0 Å². The molecule has 12 heteroatoms. The number of hydrogen-bond donors (Lipinski definition) is 1. The monoisotopic (exact) mass is 512 g/mol. The van der Waals surface area contributed by atoms with Crippen LogP contribution in [-0.4, -0.2) is 46.7 Å². The first kappa shape index (κ1) is 23.2. The van der Waals surface area contributed by atoms with Gasteiger partial charge in [0.1, 0.15) is 10.3 Å². The van der Waals surface area contributed by atoms with Crippen LogP contribution in [0.1, 0.15) is 26.7 Å². The minimum absolute atomic E-state index is 0.0738. The highest BCUT2D eigenvalue weighted by molar-refractivity contribution is 7.99. The maximum absolute atomic E-state index is 13.0. The zero-order valence-electron chi connectivity index (χ0n) is 17.3. The number of amides is 1. The smallest absolute Gasteiger partial charge is 0.322 e. The van der Waals surface area contributed by atoms with Crippen molar-refractivity contribution in [2.45, 2.75) is 47.1 Å². The summed E-state index contributed by atoms with van der Waals surface area (Å²) in [6, 6.07) is 9.74. The van der Waals surface area contributed by atoms with Gasteiger partial charge in [0, 0.05) is 22.3 Å². The summed E-state index contributed by atoms with van der Waals surface area (Å²) in [4.78, 5) is 13.9. The molecule has 8 nitrogen and oxygen atoms in total. The number of nitrogens with one attached hydrogen (secondary N) is 1. The third-order valence-electron chi connectivity index (χ3n) is 4.73. The summed E-state index contributed by atoms with van der Waals surface area (Å²) in [6.07, 6.45) is 0.978. The van der Waals surface area contributed by atoms with Crippen LogP contribution in [0.15, 0.2) is 49.9 Å². The van der Waals surface area contributed by atoms with E-state index in [1.807, 2.05) is 24.3 Å². The van der Waals surface area contributed by atoms with Crippen molar-refractivity contribution >= 4 is 56.6 Å². The van der Waals surface area contributed by atoms with Crippen LogP contribution in [0.4, 0.5) is 6.01 Å². The van der Waals surface area contributed by atoms with E-state index in [1.54, 1.807) is 11.8 Å². The van der Waals surface area contributed by atoms with E-state index in [-0.39, 0.29) is 22.7 Å². The second-order valence-corrected chi connectivity index (χ2v) is 12.9. The molecule has 1 aliphatic heterocycles. The van der Waals surface area contributed by atoms with Crippen LogP contribution in [0.25, 0.3) is 11.5 Å². The average Bonchev–Trinajstić information content (AvgIpc) is 3.48. The molecular formula is C20H21ClN4O4S3. The van der Waals surface area contributed by atoms with Crippen LogP contribution < -0.4 is 5.32 Å². The van der Waals surface area contributed by atoms with Crippen molar-refractivity contribution in [2.75, 3.05) is 11.9 Å². The van der Waals surface area contributed by atoms with Crippen molar-refractivity contribution in [2.24, 2.45) is 0 Å². The van der Waals surface area contributed by atoms with Gasteiger partial charge in [0.05, 0.1) is 4.34 Å². The first-order valence-electron chi connectivity index (χ1n) is 9.92. The molecule has 1 fully saturated rings. The Kier molecular flexibility index (Phi) is 6.91. The van der Waals surface area contributed by atoms with Gasteiger partial charge < -0.3 is 4.42 Å². The van der Waals surface area contributed by atoms with Crippen LogP contribution in [0, 0.1) is 0 Å². The number of benzene rings is 1. The number of thioether (sulfide) groups is 1. The molecular weight excluding hydrogens is 492 g/mol. The van der Waals surface area contributed by atoms with E-state index in [9.17, 15) is 13.2 Å². The first-order valence-corrected chi connectivity index (χ1v) is 13.4. The molecule has 1 saturated heterocycles. The maximum atomic E-state index is 13.0. The van der Waals surface area contributed by atoms with Gasteiger partial charge in [-0.3, -0.25) is 10.1 Å². The second kappa shape index (κ2) is 9.52. The van der Waals surface area contributed by atoms with Gasteiger partial charge in [-0.25, -0.2) is 8.42 Å². The number of rotatable bonds is 7. The molecule has 1 aliphatic rings. The number of sulfonamides is 1. The van der Waals surface area contributed by atoms with E-state index in [4.69, 9.17) is 16.0 Å². The molecule has 0 spiro atoms. The van der Waals surface area contributed by atoms with Crippen LogP contribution in [0.3, 0.4) is 0 Å². The van der Waals surface area contributed by atoms with Gasteiger partial charge >= 0.3 is 6.01 Å². The summed E-state index contributed by atoms with van der Waals surface area (Å²) < 4.78 is 33.2. The minimum atomic E-state index is -3.82. The molecule has 170 valence electrons. The maximum Gasteiger partial charge on any atom is 0.322 e. The average molecular weight is 513 g/mol. The van der Waals surface area contributed by atoms with E-state index < -0.39 is 22.0 Å². The van der Waals surface area contributed by atoms with Crippen LogP contribution in [-0.2, 0) is 14.8 Å². The summed E-state index contributed by atoms with van der Waals surface area (Å²) in [5, 5.41) is 10.9. The number of carbonyl (C=O) groups is 1. The fourth-order valence-electron chi connectivity index (χ4n) is 3.40. The zero-order valence-corrected chi connectivity index (χ0v) is 20.5. The predicted octanol–water partition coefficient (Wildman–Crippen LogP) is 4.74. The van der Waals surface area contributed by atoms with E-state index in [0.29, 0.717) is 22.4 Å². The Hall–Kier alpha value is -1.92. The number of nitrogens with zero attached hydrogens (tertiary/aromatic N) is 3. The Morgan fingerprint density at radius 1 is 1.31 bits per heavy atom. The molecule has 1 unspecified atom stereocenters. The highest BCUT2D eigenvalue weighted by Crippen LogP contribution is 2.33. The molecule has 0 aliphatic carbocycles. The molecule has 1 aromatic carbocycles. The molecule has 32 heavy (non-hydrogen) atoms. The molecule has 3 heterocycles. The largest absolute Gasteiger partial charge is 0.403 e. The number of halogens is 1. The summed E-state index contributed by atoms with van der Waals surface area (Å²) in [6.45, 7) is 4.47. The highest BCUT2D eigenvalue weighted by Gasteiger charge is 2.40. The topological polar surface area (TPSA) is 105 Å². The third-order valence-corrected chi connectivity index (χ3v) is 9.33. The van der Waals surface area contributed by atoms with E-state index in [1.165, 1.54) is 16.4 Å². The Bertz CT molecular complexity index is 1220. The summed E-state index contributed by atoms with van der Waals surface area (Å²) >= 11 is 8.57. The number of carbonyl (C=O) groups excluding carboxylic acids is 1. The molecule has 3 aromatic rings. The van der Waals surface area contributed by atoms with Crippen LogP contribution in [0.5, 0.6) is 0 Å². The minimum Gasteiger partial charge on any atom is -0.403 e. The Morgan fingerprint density at radius 3 is 2.84 bits per heavy atom. The van der Waals surface area contributed by atoms with Crippen molar-refractivity contribution < 1.29 is 17.6 Å². The van der Waals surface area contributed by atoms with Gasteiger partial charge in [0.25, 0.3) is 10.0 Å². The van der Waals surface area contributed by atoms with E-state index >= 15 is 0 Å². The van der Waals surface area contributed by atoms with Crippen molar-refractivity contribution in [3.63, 3.8) is 0 Å². The second-order valence-electron chi connectivity index (χ2n) is 7.43. The lowest BCUT2D eigenvalue weighted by Gasteiger charge is -2.21. The fraction of sp³-hybridized carbons (Fsp3) is 0.350. The summed E-state index contributed by atoms with van der Waals surface area (Å²) in [5.41, 5.74) is 0.739. The van der Waals surface area contributed by atoms with Gasteiger partial charge in [0.2, 0.25) is 11.8 Å². The molecule has 1 atom stereocenters. The van der Waals surface area contributed by atoms with Crippen molar-refractivity contribution in [3.8, 4) is 11.5 Å². The van der Waals surface area contributed by atoms with Crippen LogP contribution >= 0.6 is 34.7 Å². The lowest BCUT2D eigenvalue weighted by molar-refractivity contribution is -0.119. The SMILES string of the molecule is CC(C)Sc1cccc(-c2nnc(NC(=O)C3CCCN3S(=O)(=O)c3ccc(Cl)s3)o2)c1. The first-order chi connectivity index (χ1) is 15.2. The zero-order chi connectivity index (χ0) is 22.9. The lowest BCUT2D eigenvalue weighted by Crippen LogP contribution is -2.42. The quantitative estimate of drug-likeness (QED) is 0.455.